The van der Waals surface area contributed by atoms with E-state index in [1.54, 1.807) is 7.11 Å². The molecule has 0 bridgehead atoms. The summed E-state index contributed by atoms with van der Waals surface area (Å²) in [6, 6.07) is 0. The van der Waals surface area contributed by atoms with Gasteiger partial charge in [-0.25, -0.2) is 5.90 Å². The highest BCUT2D eigenvalue weighted by Crippen LogP contribution is 1.97. The van der Waals surface area contributed by atoms with Crippen LogP contribution in [0.3, 0.4) is 0 Å². The van der Waals surface area contributed by atoms with Gasteiger partial charge in [0.1, 0.15) is 6.61 Å². The van der Waals surface area contributed by atoms with E-state index >= 15 is 0 Å². The zero-order valence-corrected chi connectivity index (χ0v) is 6.66. The second-order valence-corrected chi connectivity index (χ2v) is 2.18. The molecule has 1 atom stereocenters. The molecule has 0 fully saturated rings. The van der Waals surface area contributed by atoms with Crippen molar-refractivity contribution in [1.29, 1.82) is 0 Å². The zero-order chi connectivity index (χ0) is 7.98. The van der Waals surface area contributed by atoms with Crippen LogP contribution >= 0.6 is 0 Å². The molecular weight excluding hydrogens is 134 g/mol. The van der Waals surface area contributed by atoms with Crippen molar-refractivity contribution in [3.8, 4) is 0 Å². The zero-order valence-electron chi connectivity index (χ0n) is 6.66. The van der Waals surface area contributed by atoms with Crippen LogP contribution in [0.25, 0.3) is 0 Å². The minimum absolute atomic E-state index is 0.125. The molecule has 0 rings (SSSR count). The van der Waals surface area contributed by atoms with Crippen LogP contribution in [0.5, 0.6) is 0 Å². The Hall–Kier alpha value is -0.160. The molecule has 0 aliphatic heterocycles. The van der Waals surface area contributed by atoms with Crippen LogP contribution in [0.4, 0.5) is 0 Å². The van der Waals surface area contributed by atoms with Gasteiger partial charge in [0, 0.05) is 7.11 Å². The summed E-state index contributed by atoms with van der Waals surface area (Å²) in [7, 11) is 1.55. The van der Waals surface area contributed by atoms with E-state index < -0.39 is 0 Å². The highest BCUT2D eigenvalue weighted by Gasteiger charge is 2.08. The van der Waals surface area contributed by atoms with Crippen molar-refractivity contribution < 1.29 is 14.3 Å². The van der Waals surface area contributed by atoms with Gasteiger partial charge in [0.2, 0.25) is 0 Å². The van der Waals surface area contributed by atoms with Crippen molar-refractivity contribution >= 4 is 0 Å². The van der Waals surface area contributed by atoms with Gasteiger partial charge >= 0.3 is 0 Å². The minimum atomic E-state index is -0.356. The number of ether oxygens (including phenoxy) is 2. The Kier molecular flexibility index (Phi) is 5.52. The van der Waals surface area contributed by atoms with E-state index in [-0.39, 0.29) is 19.0 Å². The van der Waals surface area contributed by atoms with E-state index in [9.17, 15) is 0 Å². The van der Waals surface area contributed by atoms with E-state index in [2.05, 4.69) is 4.84 Å². The summed E-state index contributed by atoms with van der Waals surface area (Å²) >= 11 is 0. The van der Waals surface area contributed by atoms with Gasteiger partial charge in [-0.2, -0.15) is 0 Å². The fourth-order valence-corrected chi connectivity index (χ4v) is 0.545. The van der Waals surface area contributed by atoms with E-state index in [0.29, 0.717) is 0 Å². The Balaban J connectivity index is 3.39. The lowest BCUT2D eigenvalue weighted by Gasteiger charge is -2.16. The summed E-state index contributed by atoms with van der Waals surface area (Å²) in [5.41, 5.74) is 0. The van der Waals surface area contributed by atoms with Crippen molar-refractivity contribution in [2.75, 3.05) is 13.7 Å². The molecule has 4 nitrogen and oxygen atoms in total. The topological polar surface area (TPSA) is 53.7 Å². The van der Waals surface area contributed by atoms with Gasteiger partial charge < -0.3 is 9.47 Å². The Labute approximate surface area is 61.2 Å². The SMILES string of the molecule is COC(CON)OC(C)C. The van der Waals surface area contributed by atoms with Crippen LogP contribution in [-0.2, 0) is 14.3 Å². The van der Waals surface area contributed by atoms with Crippen LogP contribution in [0.2, 0.25) is 0 Å². The molecule has 0 aromatic heterocycles. The van der Waals surface area contributed by atoms with Gasteiger partial charge in [0.15, 0.2) is 6.29 Å². The Morgan fingerprint density at radius 3 is 2.30 bits per heavy atom. The van der Waals surface area contributed by atoms with Crippen LogP contribution in [0, 0.1) is 0 Å². The Morgan fingerprint density at radius 2 is 2.00 bits per heavy atom. The quantitative estimate of drug-likeness (QED) is 0.450. The summed E-state index contributed by atoms with van der Waals surface area (Å²) in [5, 5.41) is 0. The number of hydrogen-bond acceptors (Lipinski definition) is 4. The molecule has 0 heterocycles. The maximum atomic E-state index is 5.21. The van der Waals surface area contributed by atoms with Gasteiger partial charge in [-0.15, -0.1) is 0 Å². The highest BCUT2D eigenvalue weighted by molar-refractivity contribution is 4.42. The third-order valence-corrected chi connectivity index (χ3v) is 0.919. The second-order valence-electron chi connectivity index (χ2n) is 2.18. The molecule has 0 amide bonds. The Morgan fingerprint density at radius 1 is 1.40 bits per heavy atom. The molecule has 0 saturated heterocycles. The van der Waals surface area contributed by atoms with Gasteiger partial charge in [-0.05, 0) is 13.8 Å². The monoisotopic (exact) mass is 149 g/mol. The van der Waals surface area contributed by atoms with Gasteiger partial charge in [0.05, 0.1) is 6.10 Å². The molecule has 4 heteroatoms. The van der Waals surface area contributed by atoms with Crippen molar-refractivity contribution in [3.05, 3.63) is 0 Å². The maximum absolute atomic E-state index is 5.21. The molecule has 62 valence electrons. The highest BCUT2D eigenvalue weighted by atomic mass is 16.7. The minimum Gasteiger partial charge on any atom is -0.353 e. The third kappa shape index (κ3) is 4.69. The number of methoxy groups -OCH3 is 1. The van der Waals surface area contributed by atoms with Crippen molar-refractivity contribution in [2.24, 2.45) is 5.90 Å². The predicted octanol–water partition coefficient (Wildman–Crippen LogP) is 0.274. The van der Waals surface area contributed by atoms with Crippen LogP contribution in [-0.4, -0.2) is 26.1 Å². The molecule has 0 aromatic carbocycles. The molecule has 0 aliphatic carbocycles. The molecule has 0 aliphatic rings. The lowest BCUT2D eigenvalue weighted by Crippen LogP contribution is -2.26. The van der Waals surface area contributed by atoms with Crippen LogP contribution in [0.15, 0.2) is 0 Å². The largest absolute Gasteiger partial charge is 0.353 e. The first-order chi connectivity index (χ1) is 4.70. The average molecular weight is 149 g/mol. The molecule has 2 N–H and O–H groups in total. The summed E-state index contributed by atoms with van der Waals surface area (Å²) in [6.45, 7) is 4.10. The molecule has 10 heavy (non-hydrogen) atoms. The first-order valence-corrected chi connectivity index (χ1v) is 3.20. The number of hydrogen-bond donors (Lipinski definition) is 1. The van der Waals surface area contributed by atoms with Gasteiger partial charge in [-0.3, -0.25) is 4.84 Å². The summed E-state index contributed by atoms with van der Waals surface area (Å²) in [5.74, 6) is 4.82. The van der Waals surface area contributed by atoms with E-state index in [4.69, 9.17) is 15.4 Å². The van der Waals surface area contributed by atoms with Crippen molar-refractivity contribution in [1.82, 2.24) is 0 Å². The van der Waals surface area contributed by atoms with Crippen LogP contribution < -0.4 is 5.90 Å². The first kappa shape index (κ1) is 9.84. The maximum Gasteiger partial charge on any atom is 0.182 e. The molecule has 0 aromatic rings. The van der Waals surface area contributed by atoms with E-state index in [1.807, 2.05) is 13.8 Å². The Bertz CT molecular complexity index is 77.4. The predicted molar refractivity (Wildman–Crippen MR) is 37.2 cm³/mol. The molecule has 0 radical (unpaired) electrons. The van der Waals surface area contributed by atoms with Crippen LogP contribution in [0.1, 0.15) is 13.8 Å². The lowest BCUT2D eigenvalue weighted by atomic mass is 10.5. The molecule has 1 unspecified atom stereocenters. The third-order valence-electron chi connectivity index (χ3n) is 0.919. The molecule has 0 spiro atoms. The van der Waals surface area contributed by atoms with Gasteiger partial charge in [-0.1, -0.05) is 0 Å². The number of rotatable bonds is 5. The second kappa shape index (κ2) is 5.61. The van der Waals surface area contributed by atoms with E-state index in [1.165, 1.54) is 0 Å². The molecular formula is C6H15NO3. The average Bonchev–Trinajstić information content (AvgIpc) is 1.86. The standard InChI is InChI=1S/C6H15NO3/c1-5(2)10-6(8-3)4-9-7/h5-6H,4,7H2,1-3H3. The first-order valence-electron chi connectivity index (χ1n) is 3.20. The fourth-order valence-electron chi connectivity index (χ4n) is 0.545. The normalized spacial score (nSPS) is 14.1. The smallest absolute Gasteiger partial charge is 0.182 e. The lowest BCUT2D eigenvalue weighted by molar-refractivity contribution is -0.176. The summed E-state index contributed by atoms with van der Waals surface area (Å²) < 4.78 is 10.1. The van der Waals surface area contributed by atoms with E-state index in [0.717, 1.165) is 0 Å². The van der Waals surface area contributed by atoms with Crippen molar-refractivity contribution in [2.45, 2.75) is 26.2 Å². The molecule has 0 saturated carbocycles. The van der Waals surface area contributed by atoms with Gasteiger partial charge in [0.25, 0.3) is 0 Å². The summed E-state index contributed by atoms with van der Waals surface area (Å²) in [6.07, 6.45) is -0.231. The fraction of sp³-hybridized carbons (Fsp3) is 1.00. The van der Waals surface area contributed by atoms with Crippen molar-refractivity contribution in [3.63, 3.8) is 0 Å². The summed E-state index contributed by atoms with van der Waals surface area (Å²) in [4.78, 5) is 4.35. The number of nitrogens with two attached hydrogens (primary N) is 1.